The fourth-order valence-electron chi connectivity index (χ4n) is 4.48. The Labute approximate surface area is 268 Å². The van der Waals surface area contributed by atoms with Gasteiger partial charge in [0.2, 0.25) is 5.82 Å². The molecule has 0 atom stereocenters. The molecular weight excluding hydrogens is 655 g/mol. The third kappa shape index (κ3) is 7.66. The molecule has 17 heteroatoms. The van der Waals surface area contributed by atoms with Gasteiger partial charge in [-0.15, -0.1) is 10.2 Å². The predicted molar refractivity (Wildman–Crippen MR) is 157 cm³/mol. The Kier molecular flexibility index (Phi) is 9.92. The highest BCUT2D eigenvalue weighted by Crippen LogP contribution is 2.25. The van der Waals surface area contributed by atoms with Gasteiger partial charge in [-0.25, -0.2) is 18.4 Å². The maximum absolute atomic E-state index is 13.9. The average molecular weight is 677 g/mol. The first-order valence-electron chi connectivity index (χ1n) is 13.4. The number of alkyl halides is 4. The van der Waals surface area contributed by atoms with Crippen LogP contribution in [0.1, 0.15) is 55.5 Å². The lowest BCUT2D eigenvalue weighted by Gasteiger charge is -2.14. The molecule has 0 saturated heterocycles. The van der Waals surface area contributed by atoms with E-state index in [-0.39, 0.29) is 58.1 Å². The molecule has 3 aromatic heterocycles. The highest BCUT2D eigenvalue weighted by atomic mass is 35.5. The number of nitrogens with zero attached hydrogens (tertiary/aromatic N) is 7. The van der Waals surface area contributed by atoms with Crippen LogP contribution in [0.15, 0.2) is 60.8 Å². The molecule has 0 fully saturated rings. The minimum atomic E-state index is -2.96. The normalized spacial score (nSPS) is 11.3. The molecule has 1 amide bonds. The average Bonchev–Trinajstić information content (AvgIpc) is 3.65. The first kappa shape index (κ1) is 32.5. The van der Waals surface area contributed by atoms with E-state index in [1.807, 2.05) is 0 Å². The van der Waals surface area contributed by atoms with Gasteiger partial charge in [-0.2, -0.15) is 18.7 Å². The van der Waals surface area contributed by atoms with Crippen molar-refractivity contribution in [2.75, 3.05) is 0 Å². The lowest BCUT2D eigenvalue weighted by molar-refractivity contribution is -0.0498. The number of amides is 1. The number of tetrazole rings is 1. The van der Waals surface area contributed by atoms with Crippen molar-refractivity contribution in [1.29, 1.82) is 0 Å². The summed E-state index contributed by atoms with van der Waals surface area (Å²) in [6.45, 7) is -1.41. The molecule has 11 nitrogen and oxygen atoms in total. The van der Waals surface area contributed by atoms with E-state index >= 15 is 0 Å². The van der Waals surface area contributed by atoms with Gasteiger partial charge < -0.3 is 10.1 Å². The van der Waals surface area contributed by atoms with Crippen LogP contribution in [0, 0.1) is 6.92 Å². The lowest BCUT2D eigenvalue weighted by atomic mass is 9.95. The zero-order valence-corrected chi connectivity index (χ0v) is 25.2. The number of pyridine rings is 1. The van der Waals surface area contributed by atoms with E-state index in [2.05, 4.69) is 35.5 Å². The van der Waals surface area contributed by atoms with Crippen LogP contribution in [-0.4, -0.2) is 53.3 Å². The van der Waals surface area contributed by atoms with Crippen molar-refractivity contribution in [3.8, 4) is 11.6 Å². The number of nitrogens with one attached hydrogen (secondary N) is 1. The summed E-state index contributed by atoms with van der Waals surface area (Å²) >= 11 is 12.6. The molecule has 1 N–H and O–H groups in total. The summed E-state index contributed by atoms with van der Waals surface area (Å²) in [7, 11) is 0. The van der Waals surface area contributed by atoms with E-state index in [1.165, 1.54) is 47.3 Å². The number of rotatable bonds is 12. The number of aromatic nitrogens is 7. The highest BCUT2D eigenvalue weighted by molar-refractivity contribution is 6.32. The fourth-order valence-corrected chi connectivity index (χ4v) is 4.96. The van der Waals surface area contributed by atoms with E-state index in [0.29, 0.717) is 16.7 Å². The summed E-state index contributed by atoms with van der Waals surface area (Å²) in [4.78, 5) is 32.3. The Hall–Kier alpha value is -4.89. The summed E-state index contributed by atoms with van der Waals surface area (Å²) < 4.78 is 56.4. The quantitative estimate of drug-likeness (QED) is 0.129. The van der Waals surface area contributed by atoms with Crippen molar-refractivity contribution in [2.24, 2.45) is 0 Å². The maximum Gasteiger partial charge on any atom is 0.387 e. The number of carbonyl (C=O) groups is 2. The van der Waals surface area contributed by atoms with Crippen LogP contribution in [-0.2, 0) is 19.5 Å². The van der Waals surface area contributed by atoms with Gasteiger partial charge in [0.15, 0.2) is 11.6 Å². The summed E-state index contributed by atoms with van der Waals surface area (Å²) in [5.41, 5.74) is 1.96. The van der Waals surface area contributed by atoms with Gasteiger partial charge in [0.05, 0.1) is 10.7 Å². The molecule has 0 aliphatic heterocycles. The van der Waals surface area contributed by atoms with Crippen LogP contribution in [0.5, 0.6) is 5.75 Å². The Morgan fingerprint density at radius 2 is 1.78 bits per heavy atom. The van der Waals surface area contributed by atoms with Crippen LogP contribution in [0.2, 0.25) is 10.0 Å². The van der Waals surface area contributed by atoms with E-state index in [0.717, 1.165) is 4.80 Å². The number of Topliss-reactive ketones (excluding diaryl/α,β-unsaturated/α-hetero) is 1. The van der Waals surface area contributed by atoms with Gasteiger partial charge in [-0.3, -0.25) is 9.59 Å². The Morgan fingerprint density at radius 1 is 1.02 bits per heavy atom. The van der Waals surface area contributed by atoms with Crippen molar-refractivity contribution < 1.29 is 31.9 Å². The van der Waals surface area contributed by atoms with Gasteiger partial charge in [-0.1, -0.05) is 35.3 Å². The Bertz CT molecular complexity index is 1880. The smallest absolute Gasteiger partial charge is 0.387 e. The third-order valence-corrected chi connectivity index (χ3v) is 7.09. The highest BCUT2D eigenvalue weighted by Gasteiger charge is 2.24. The molecule has 0 bridgehead atoms. The van der Waals surface area contributed by atoms with Crippen LogP contribution in [0.3, 0.4) is 0 Å². The Balaban J connectivity index is 1.42. The van der Waals surface area contributed by atoms with Gasteiger partial charge in [0, 0.05) is 29.7 Å². The molecule has 46 heavy (non-hydrogen) atoms. The number of ketones is 1. The van der Waals surface area contributed by atoms with Crippen LogP contribution >= 0.6 is 23.2 Å². The summed E-state index contributed by atoms with van der Waals surface area (Å²) in [5, 5.41) is 18.2. The number of carbonyl (C=O) groups excluding carboxylic acids is 2. The molecule has 5 aromatic rings. The molecular formula is C29H22Cl2F4N8O3. The molecule has 238 valence electrons. The topological polar surface area (TPSA) is 130 Å². The largest absolute Gasteiger partial charge is 0.435 e. The summed E-state index contributed by atoms with van der Waals surface area (Å²) in [6.07, 6.45) is -1.73. The molecule has 0 spiro atoms. The van der Waals surface area contributed by atoms with E-state index in [1.54, 1.807) is 25.1 Å². The summed E-state index contributed by atoms with van der Waals surface area (Å²) in [5.74, 6) is -1.66. The fraction of sp³-hybridized carbons (Fsp3) is 0.207. The number of hydrogen-bond acceptors (Lipinski definition) is 8. The SMILES string of the molecule is Cc1cc(Cl)cc(C(=O)NCc2ccc(OC(F)F)cc2)c1CC(=O)c1cc(Cn2nnc(C(F)F)n2)nn1-c1ncccc1Cl. The molecule has 3 heterocycles. The molecule has 0 unspecified atom stereocenters. The minimum absolute atomic E-state index is 0.0267. The number of ether oxygens (including phenoxy) is 1. The maximum atomic E-state index is 13.9. The molecule has 5 rings (SSSR count). The number of hydrogen-bond donors (Lipinski definition) is 1. The molecule has 0 radical (unpaired) electrons. The standard InChI is InChI=1S/C29H22Cl2F4N8O3/c1-15-9-17(30)10-21(28(45)37-13-16-4-6-19(7-5-16)46-29(34)35)20(15)12-24(44)23-11-18(14-42-40-26(25(32)33)38-41-42)39-43(23)27-22(31)3-2-8-36-27/h2-11,25,29H,12-14H2,1H3,(H,37,45). The van der Waals surface area contributed by atoms with Gasteiger partial charge in [0.1, 0.15) is 18.0 Å². The predicted octanol–water partition coefficient (Wildman–Crippen LogP) is 5.81. The number of halogens is 6. The lowest BCUT2D eigenvalue weighted by Crippen LogP contribution is -2.25. The van der Waals surface area contributed by atoms with Crippen LogP contribution in [0.25, 0.3) is 5.82 Å². The van der Waals surface area contributed by atoms with Crippen molar-refractivity contribution in [2.45, 2.75) is 39.5 Å². The second kappa shape index (κ2) is 14.0. The first-order chi connectivity index (χ1) is 22.0. The van der Waals surface area contributed by atoms with E-state index < -0.39 is 30.6 Å². The monoisotopic (exact) mass is 676 g/mol. The summed E-state index contributed by atoms with van der Waals surface area (Å²) in [6, 6.07) is 13.4. The van der Waals surface area contributed by atoms with Crippen LogP contribution < -0.4 is 10.1 Å². The molecule has 0 aliphatic carbocycles. The number of aryl methyl sites for hydroxylation is 1. The van der Waals surface area contributed by atoms with Gasteiger partial charge in [-0.05, 0) is 71.3 Å². The molecule has 0 aliphatic rings. The van der Waals surface area contributed by atoms with Crippen LogP contribution in [0.4, 0.5) is 17.6 Å². The zero-order chi connectivity index (χ0) is 33.0. The zero-order valence-electron chi connectivity index (χ0n) is 23.7. The third-order valence-electron chi connectivity index (χ3n) is 6.57. The second-order valence-corrected chi connectivity index (χ2v) is 10.6. The van der Waals surface area contributed by atoms with Crippen molar-refractivity contribution in [3.05, 3.63) is 110 Å². The first-order valence-corrected chi connectivity index (χ1v) is 14.1. The van der Waals surface area contributed by atoms with Crippen molar-refractivity contribution in [1.82, 2.24) is 40.3 Å². The van der Waals surface area contributed by atoms with Crippen molar-refractivity contribution in [3.63, 3.8) is 0 Å². The Morgan fingerprint density at radius 3 is 2.46 bits per heavy atom. The minimum Gasteiger partial charge on any atom is -0.435 e. The van der Waals surface area contributed by atoms with Gasteiger partial charge in [0.25, 0.3) is 5.91 Å². The molecule has 0 saturated carbocycles. The van der Waals surface area contributed by atoms with Gasteiger partial charge >= 0.3 is 13.0 Å². The van der Waals surface area contributed by atoms with E-state index in [4.69, 9.17) is 23.2 Å². The second-order valence-electron chi connectivity index (χ2n) is 9.77. The molecule has 2 aromatic carbocycles. The van der Waals surface area contributed by atoms with Crippen molar-refractivity contribution >= 4 is 34.9 Å². The van der Waals surface area contributed by atoms with E-state index in [9.17, 15) is 27.2 Å². The number of benzene rings is 2.